The summed E-state index contributed by atoms with van der Waals surface area (Å²) in [6.07, 6.45) is 7.94. The second-order valence-corrected chi connectivity index (χ2v) is 10.1. The van der Waals surface area contributed by atoms with Gasteiger partial charge in [0, 0.05) is 36.3 Å². The van der Waals surface area contributed by atoms with Crippen LogP contribution >= 0.6 is 0 Å². The molecule has 0 spiro atoms. The minimum Gasteiger partial charge on any atom is -0.356 e. The van der Waals surface area contributed by atoms with Crippen LogP contribution in [0.5, 0.6) is 0 Å². The van der Waals surface area contributed by atoms with Gasteiger partial charge in [-0.2, -0.15) is 0 Å². The molecular formula is C25H37N3O3. The van der Waals surface area contributed by atoms with Gasteiger partial charge in [0.25, 0.3) is 5.91 Å². The van der Waals surface area contributed by atoms with Crippen LogP contribution in [0.1, 0.15) is 76.1 Å². The first-order chi connectivity index (χ1) is 14.7. The van der Waals surface area contributed by atoms with Gasteiger partial charge in [-0.25, -0.2) is 0 Å². The highest BCUT2D eigenvalue weighted by Gasteiger charge is 2.29. The van der Waals surface area contributed by atoms with Crippen LogP contribution in [0.25, 0.3) is 0 Å². The van der Waals surface area contributed by atoms with Crippen molar-refractivity contribution in [1.29, 1.82) is 0 Å². The summed E-state index contributed by atoms with van der Waals surface area (Å²) >= 11 is 0. The minimum atomic E-state index is -0.477. The van der Waals surface area contributed by atoms with Crippen LogP contribution in [0, 0.1) is 17.3 Å². The van der Waals surface area contributed by atoms with Gasteiger partial charge in [-0.3, -0.25) is 14.4 Å². The zero-order valence-electron chi connectivity index (χ0n) is 19.2. The van der Waals surface area contributed by atoms with E-state index in [2.05, 4.69) is 10.6 Å². The van der Waals surface area contributed by atoms with Gasteiger partial charge >= 0.3 is 0 Å². The van der Waals surface area contributed by atoms with E-state index in [4.69, 9.17) is 0 Å². The molecule has 0 bridgehead atoms. The molecule has 1 aromatic carbocycles. The second-order valence-electron chi connectivity index (χ2n) is 10.1. The number of likely N-dealkylation sites (tertiary alicyclic amines) is 1. The van der Waals surface area contributed by atoms with Crippen LogP contribution in [0.2, 0.25) is 0 Å². The molecule has 31 heavy (non-hydrogen) atoms. The van der Waals surface area contributed by atoms with E-state index in [0.29, 0.717) is 30.3 Å². The Bertz CT molecular complexity index is 776. The lowest BCUT2D eigenvalue weighted by molar-refractivity contribution is -0.126. The fourth-order valence-corrected chi connectivity index (χ4v) is 4.35. The molecule has 0 aromatic heterocycles. The lowest BCUT2D eigenvalue weighted by Gasteiger charge is -2.32. The Morgan fingerprint density at radius 2 is 1.65 bits per heavy atom. The van der Waals surface area contributed by atoms with Gasteiger partial charge in [-0.05, 0) is 55.9 Å². The average Bonchev–Trinajstić information content (AvgIpc) is 2.77. The fourth-order valence-electron chi connectivity index (χ4n) is 4.35. The predicted octanol–water partition coefficient (Wildman–Crippen LogP) is 4.22. The normalized spacial score (nSPS) is 20.2. The molecule has 1 atom stereocenters. The summed E-state index contributed by atoms with van der Waals surface area (Å²) < 4.78 is 0. The molecule has 170 valence electrons. The van der Waals surface area contributed by atoms with Crippen molar-refractivity contribution in [2.75, 3.05) is 25.0 Å². The van der Waals surface area contributed by atoms with E-state index in [1.165, 1.54) is 32.1 Å². The first-order valence-electron chi connectivity index (χ1n) is 11.7. The van der Waals surface area contributed by atoms with Crippen molar-refractivity contribution in [3.05, 3.63) is 29.8 Å². The number of amides is 3. The summed E-state index contributed by atoms with van der Waals surface area (Å²) in [4.78, 5) is 39.6. The smallest absolute Gasteiger partial charge is 0.253 e. The Morgan fingerprint density at radius 1 is 0.968 bits per heavy atom. The molecule has 2 N–H and O–H groups in total. The molecule has 1 heterocycles. The number of hydrogen-bond acceptors (Lipinski definition) is 3. The number of carbonyl (C=O) groups is 3. The minimum absolute atomic E-state index is 0.0570. The van der Waals surface area contributed by atoms with Crippen molar-refractivity contribution >= 4 is 23.4 Å². The van der Waals surface area contributed by atoms with Gasteiger partial charge < -0.3 is 15.5 Å². The van der Waals surface area contributed by atoms with Crippen LogP contribution in [0.15, 0.2) is 24.3 Å². The van der Waals surface area contributed by atoms with Gasteiger partial charge in [0.1, 0.15) is 0 Å². The summed E-state index contributed by atoms with van der Waals surface area (Å²) in [6, 6.07) is 7.01. The van der Waals surface area contributed by atoms with Crippen molar-refractivity contribution in [2.45, 2.75) is 65.7 Å². The van der Waals surface area contributed by atoms with Crippen LogP contribution < -0.4 is 10.6 Å². The van der Waals surface area contributed by atoms with E-state index in [0.717, 1.165) is 19.4 Å². The number of nitrogens with zero attached hydrogens (tertiary/aromatic N) is 1. The highest BCUT2D eigenvalue weighted by molar-refractivity contribution is 5.97. The summed E-state index contributed by atoms with van der Waals surface area (Å²) in [5, 5.41) is 6.02. The fraction of sp³-hybridized carbons (Fsp3) is 0.640. The highest BCUT2D eigenvalue weighted by Crippen LogP contribution is 2.24. The van der Waals surface area contributed by atoms with E-state index < -0.39 is 5.41 Å². The van der Waals surface area contributed by atoms with E-state index in [1.54, 1.807) is 29.2 Å². The van der Waals surface area contributed by atoms with E-state index in [9.17, 15) is 14.4 Å². The largest absolute Gasteiger partial charge is 0.356 e. The van der Waals surface area contributed by atoms with Crippen molar-refractivity contribution in [3.63, 3.8) is 0 Å². The molecule has 6 heteroatoms. The van der Waals surface area contributed by atoms with E-state index in [1.807, 2.05) is 20.8 Å². The van der Waals surface area contributed by atoms with Crippen molar-refractivity contribution in [1.82, 2.24) is 10.2 Å². The Labute approximate surface area is 186 Å². The standard InChI is InChI=1S/C25H37N3O3/c1-25(2,3)24(31)27-21-13-11-19(12-14-21)23(30)28-15-7-10-20(17-28)22(29)26-16-18-8-5-4-6-9-18/h11-14,18,20H,4-10,15-17H2,1-3H3,(H,26,29)(H,27,31)/t20-/m0/s1. The van der Waals surface area contributed by atoms with Crippen LogP contribution in [-0.4, -0.2) is 42.3 Å². The number of benzene rings is 1. The summed E-state index contributed by atoms with van der Waals surface area (Å²) in [5.41, 5.74) is 0.779. The Morgan fingerprint density at radius 3 is 2.29 bits per heavy atom. The number of rotatable bonds is 5. The topological polar surface area (TPSA) is 78.5 Å². The van der Waals surface area contributed by atoms with Gasteiger partial charge in [0.05, 0.1) is 5.92 Å². The molecule has 0 radical (unpaired) electrons. The van der Waals surface area contributed by atoms with Crippen molar-refractivity contribution < 1.29 is 14.4 Å². The third-order valence-electron chi connectivity index (χ3n) is 6.44. The summed E-state index contributed by atoms with van der Waals surface area (Å²) in [7, 11) is 0. The quantitative estimate of drug-likeness (QED) is 0.738. The molecule has 1 aliphatic heterocycles. The second kappa shape index (κ2) is 10.3. The van der Waals surface area contributed by atoms with Gasteiger partial charge in [0.2, 0.25) is 11.8 Å². The lowest BCUT2D eigenvalue weighted by atomic mass is 9.89. The van der Waals surface area contributed by atoms with E-state index >= 15 is 0 Å². The van der Waals surface area contributed by atoms with Crippen molar-refractivity contribution in [2.24, 2.45) is 17.3 Å². The van der Waals surface area contributed by atoms with Crippen molar-refractivity contribution in [3.8, 4) is 0 Å². The molecule has 2 aliphatic rings. The average molecular weight is 428 g/mol. The number of hydrogen-bond donors (Lipinski definition) is 2. The first kappa shape index (κ1) is 23.3. The summed E-state index contributed by atoms with van der Waals surface area (Å²) in [5.74, 6) is 0.439. The molecule has 1 aromatic rings. The first-order valence-corrected chi connectivity index (χ1v) is 11.7. The third-order valence-corrected chi connectivity index (χ3v) is 6.44. The van der Waals surface area contributed by atoms with Crippen LogP contribution in [-0.2, 0) is 9.59 Å². The molecule has 3 amide bonds. The molecule has 1 aliphatic carbocycles. The molecule has 6 nitrogen and oxygen atoms in total. The van der Waals surface area contributed by atoms with Gasteiger partial charge in [-0.1, -0.05) is 40.0 Å². The molecule has 0 unspecified atom stereocenters. The monoisotopic (exact) mass is 427 g/mol. The Hall–Kier alpha value is -2.37. The predicted molar refractivity (Wildman–Crippen MR) is 123 cm³/mol. The third kappa shape index (κ3) is 6.55. The summed E-state index contributed by atoms with van der Waals surface area (Å²) in [6.45, 7) is 7.49. The lowest BCUT2D eigenvalue weighted by Crippen LogP contribution is -2.46. The maximum Gasteiger partial charge on any atom is 0.253 e. The zero-order valence-corrected chi connectivity index (χ0v) is 19.2. The van der Waals surface area contributed by atoms with E-state index in [-0.39, 0.29) is 23.6 Å². The van der Waals surface area contributed by atoms with Crippen LogP contribution in [0.4, 0.5) is 5.69 Å². The number of anilines is 1. The molecule has 1 saturated heterocycles. The number of carbonyl (C=O) groups excluding carboxylic acids is 3. The Kier molecular flexibility index (Phi) is 7.74. The van der Waals surface area contributed by atoms with Crippen LogP contribution in [0.3, 0.4) is 0 Å². The molecule has 3 rings (SSSR count). The molecule has 2 fully saturated rings. The maximum atomic E-state index is 13.0. The number of nitrogens with one attached hydrogen (secondary N) is 2. The molecular weight excluding hydrogens is 390 g/mol. The number of piperidine rings is 1. The SMILES string of the molecule is CC(C)(C)C(=O)Nc1ccc(C(=O)N2CCC[C@H](C(=O)NCC3CCCCC3)C2)cc1. The zero-order chi connectivity index (χ0) is 22.4. The molecule has 1 saturated carbocycles. The van der Waals surface area contributed by atoms with Gasteiger partial charge in [0.15, 0.2) is 0 Å². The Balaban J connectivity index is 1.52. The highest BCUT2D eigenvalue weighted by atomic mass is 16.2. The maximum absolute atomic E-state index is 13.0. The van der Waals surface area contributed by atoms with Gasteiger partial charge in [-0.15, -0.1) is 0 Å².